The van der Waals surface area contributed by atoms with Crippen molar-refractivity contribution >= 4 is 5.91 Å². The van der Waals surface area contributed by atoms with Crippen LogP contribution >= 0.6 is 0 Å². The van der Waals surface area contributed by atoms with Crippen LogP contribution in [0.4, 0.5) is 0 Å². The summed E-state index contributed by atoms with van der Waals surface area (Å²) < 4.78 is 0. The summed E-state index contributed by atoms with van der Waals surface area (Å²) in [5.41, 5.74) is 1.26. The van der Waals surface area contributed by atoms with Crippen LogP contribution in [0.5, 0.6) is 0 Å². The highest BCUT2D eigenvalue weighted by atomic mass is 16.3. The van der Waals surface area contributed by atoms with Gasteiger partial charge in [-0.3, -0.25) is 15.1 Å². The third-order valence-corrected chi connectivity index (χ3v) is 1.82. The molecule has 0 rings (SSSR count). The second-order valence-corrected chi connectivity index (χ2v) is 3.91. The number of nitrogens with zero attached hydrogens (tertiary/aromatic N) is 1. The average molecular weight is 189 g/mol. The van der Waals surface area contributed by atoms with Crippen molar-refractivity contribution in [2.45, 2.75) is 32.4 Å². The SMILES string of the molecule is CC(C(=O)NN)N(C)CC(C)(C)O. The molecule has 4 N–H and O–H groups in total. The van der Waals surface area contributed by atoms with Crippen LogP contribution in [0.25, 0.3) is 0 Å². The van der Waals surface area contributed by atoms with Gasteiger partial charge in [0, 0.05) is 6.54 Å². The highest BCUT2D eigenvalue weighted by Gasteiger charge is 2.22. The summed E-state index contributed by atoms with van der Waals surface area (Å²) in [7, 11) is 1.76. The lowest BCUT2D eigenvalue weighted by Crippen LogP contribution is -2.49. The molecule has 0 aliphatic rings. The van der Waals surface area contributed by atoms with Gasteiger partial charge in [0.05, 0.1) is 11.6 Å². The van der Waals surface area contributed by atoms with Gasteiger partial charge in [-0.25, -0.2) is 5.84 Å². The van der Waals surface area contributed by atoms with E-state index in [0.29, 0.717) is 6.54 Å². The zero-order valence-corrected chi connectivity index (χ0v) is 8.66. The second-order valence-electron chi connectivity index (χ2n) is 3.91. The van der Waals surface area contributed by atoms with Gasteiger partial charge in [0.25, 0.3) is 5.91 Å². The van der Waals surface area contributed by atoms with Crippen molar-refractivity contribution in [2.75, 3.05) is 13.6 Å². The van der Waals surface area contributed by atoms with Gasteiger partial charge >= 0.3 is 0 Å². The molecule has 5 nitrogen and oxygen atoms in total. The third kappa shape index (κ3) is 4.82. The van der Waals surface area contributed by atoms with Crippen LogP contribution < -0.4 is 11.3 Å². The Morgan fingerprint density at radius 2 is 2.15 bits per heavy atom. The lowest BCUT2D eigenvalue weighted by molar-refractivity contribution is -0.126. The van der Waals surface area contributed by atoms with Gasteiger partial charge in [-0.15, -0.1) is 0 Å². The minimum atomic E-state index is -0.808. The summed E-state index contributed by atoms with van der Waals surface area (Å²) in [5, 5.41) is 9.49. The largest absolute Gasteiger partial charge is 0.389 e. The first-order valence-electron chi connectivity index (χ1n) is 4.21. The van der Waals surface area contributed by atoms with Crippen molar-refractivity contribution in [3.05, 3.63) is 0 Å². The minimum Gasteiger partial charge on any atom is -0.389 e. The van der Waals surface area contributed by atoms with Crippen LogP contribution in [0.15, 0.2) is 0 Å². The molecule has 0 spiro atoms. The van der Waals surface area contributed by atoms with Gasteiger partial charge < -0.3 is 5.11 Å². The first-order valence-corrected chi connectivity index (χ1v) is 4.21. The molecule has 0 heterocycles. The molecule has 0 bridgehead atoms. The van der Waals surface area contributed by atoms with Crippen molar-refractivity contribution in [1.82, 2.24) is 10.3 Å². The van der Waals surface area contributed by atoms with E-state index in [-0.39, 0.29) is 11.9 Å². The predicted octanol–water partition coefficient (Wildman–Crippen LogP) is -0.932. The van der Waals surface area contributed by atoms with Crippen LogP contribution in [-0.4, -0.2) is 41.1 Å². The molecule has 1 amide bonds. The summed E-state index contributed by atoms with van der Waals surface area (Å²) in [6.07, 6.45) is 0. The normalized spacial score (nSPS) is 14.4. The molecule has 13 heavy (non-hydrogen) atoms. The molecule has 1 atom stereocenters. The number of aliphatic hydroxyl groups is 1. The third-order valence-electron chi connectivity index (χ3n) is 1.82. The van der Waals surface area contributed by atoms with E-state index < -0.39 is 5.60 Å². The van der Waals surface area contributed by atoms with E-state index in [1.807, 2.05) is 0 Å². The van der Waals surface area contributed by atoms with Gasteiger partial charge in [-0.1, -0.05) is 0 Å². The predicted molar refractivity (Wildman–Crippen MR) is 50.7 cm³/mol. The lowest BCUT2D eigenvalue weighted by atomic mass is 10.1. The Hall–Kier alpha value is -0.650. The van der Waals surface area contributed by atoms with Crippen molar-refractivity contribution in [3.63, 3.8) is 0 Å². The number of hydrogen-bond acceptors (Lipinski definition) is 4. The first-order chi connectivity index (χ1) is 5.78. The highest BCUT2D eigenvalue weighted by Crippen LogP contribution is 2.05. The average Bonchev–Trinajstić information content (AvgIpc) is 1.98. The Labute approximate surface area is 78.9 Å². The Kier molecular flexibility index (Phi) is 4.32. The number of hydrogen-bond donors (Lipinski definition) is 3. The maximum atomic E-state index is 11.1. The number of rotatable bonds is 4. The molecule has 0 radical (unpaired) electrons. The molecule has 0 aromatic heterocycles. The minimum absolute atomic E-state index is 0.258. The Bertz CT molecular complexity index is 177. The smallest absolute Gasteiger partial charge is 0.250 e. The topological polar surface area (TPSA) is 78.6 Å². The highest BCUT2D eigenvalue weighted by molar-refractivity contribution is 5.80. The monoisotopic (exact) mass is 189 g/mol. The molecule has 5 heteroatoms. The van der Waals surface area contributed by atoms with Gasteiger partial charge in [-0.05, 0) is 27.8 Å². The molecule has 78 valence electrons. The summed E-state index contributed by atoms with van der Waals surface area (Å²) in [6, 6.07) is -0.337. The van der Waals surface area contributed by atoms with E-state index in [1.165, 1.54) is 0 Å². The Morgan fingerprint density at radius 1 is 1.69 bits per heavy atom. The van der Waals surface area contributed by atoms with Crippen LogP contribution in [-0.2, 0) is 4.79 Å². The molecule has 1 unspecified atom stereocenters. The molecule has 0 aromatic carbocycles. The fraction of sp³-hybridized carbons (Fsp3) is 0.875. The van der Waals surface area contributed by atoms with Gasteiger partial charge in [0.15, 0.2) is 0 Å². The maximum Gasteiger partial charge on any atom is 0.250 e. The quantitative estimate of drug-likeness (QED) is 0.303. The number of likely N-dealkylation sites (N-methyl/N-ethyl adjacent to an activating group) is 1. The molecule has 0 aliphatic carbocycles. The summed E-state index contributed by atoms with van der Waals surface area (Å²) in [6.45, 7) is 5.53. The fourth-order valence-electron chi connectivity index (χ4n) is 1.07. The summed E-state index contributed by atoms with van der Waals surface area (Å²) in [5.74, 6) is 4.73. The van der Waals surface area contributed by atoms with Gasteiger partial charge in [0.2, 0.25) is 0 Å². The molecular weight excluding hydrogens is 170 g/mol. The van der Waals surface area contributed by atoms with E-state index in [9.17, 15) is 9.90 Å². The Morgan fingerprint density at radius 3 is 2.46 bits per heavy atom. The van der Waals surface area contributed by atoms with E-state index in [1.54, 1.807) is 32.7 Å². The van der Waals surface area contributed by atoms with E-state index in [2.05, 4.69) is 5.43 Å². The van der Waals surface area contributed by atoms with Crippen molar-refractivity contribution in [2.24, 2.45) is 5.84 Å². The van der Waals surface area contributed by atoms with E-state index >= 15 is 0 Å². The molecule has 0 saturated heterocycles. The van der Waals surface area contributed by atoms with Gasteiger partial charge in [-0.2, -0.15) is 0 Å². The standard InChI is InChI=1S/C8H19N3O2/c1-6(7(12)10-9)11(4)5-8(2,3)13/h6,13H,5,9H2,1-4H3,(H,10,12). The van der Waals surface area contributed by atoms with E-state index in [0.717, 1.165) is 0 Å². The summed E-state index contributed by atoms with van der Waals surface area (Å²) in [4.78, 5) is 12.8. The number of amides is 1. The lowest BCUT2D eigenvalue weighted by Gasteiger charge is -2.29. The zero-order chi connectivity index (χ0) is 10.6. The van der Waals surface area contributed by atoms with Gasteiger partial charge in [0.1, 0.15) is 0 Å². The number of carbonyl (C=O) groups is 1. The van der Waals surface area contributed by atoms with Crippen LogP contribution in [0.3, 0.4) is 0 Å². The molecular formula is C8H19N3O2. The molecule has 0 aliphatic heterocycles. The molecule has 0 aromatic rings. The van der Waals surface area contributed by atoms with Crippen molar-refractivity contribution in [3.8, 4) is 0 Å². The van der Waals surface area contributed by atoms with E-state index in [4.69, 9.17) is 5.84 Å². The van der Waals surface area contributed by atoms with Crippen LogP contribution in [0, 0.1) is 0 Å². The number of carbonyl (C=O) groups excluding carboxylic acids is 1. The van der Waals surface area contributed by atoms with Crippen molar-refractivity contribution < 1.29 is 9.90 Å². The number of nitrogens with two attached hydrogens (primary N) is 1. The molecule has 0 fully saturated rings. The summed E-state index contributed by atoms with van der Waals surface area (Å²) >= 11 is 0. The number of nitrogens with one attached hydrogen (secondary N) is 1. The maximum absolute atomic E-state index is 11.1. The first kappa shape index (κ1) is 12.3. The van der Waals surface area contributed by atoms with Crippen molar-refractivity contribution in [1.29, 1.82) is 0 Å². The van der Waals surface area contributed by atoms with Crippen LogP contribution in [0.2, 0.25) is 0 Å². The zero-order valence-electron chi connectivity index (χ0n) is 8.66. The molecule has 0 saturated carbocycles. The number of hydrazine groups is 1. The Balaban J connectivity index is 4.11. The second kappa shape index (κ2) is 4.55. The fourth-order valence-corrected chi connectivity index (χ4v) is 1.07. The van der Waals surface area contributed by atoms with Crippen LogP contribution in [0.1, 0.15) is 20.8 Å².